The fourth-order valence-corrected chi connectivity index (χ4v) is 1.15. The third-order valence-corrected chi connectivity index (χ3v) is 1.91. The normalized spacial score (nSPS) is 9.87. The summed E-state index contributed by atoms with van der Waals surface area (Å²) in [5.74, 6) is 0.240. The van der Waals surface area contributed by atoms with Crippen LogP contribution in [0.25, 0.3) is 11.4 Å². The molecule has 0 bridgehead atoms. The van der Waals surface area contributed by atoms with E-state index >= 15 is 0 Å². The largest absolute Gasteiger partial charge is 0.504 e. The molecular weight excluding hydrogens is 192 g/mol. The van der Waals surface area contributed by atoms with Crippen LogP contribution in [0.1, 0.15) is 0 Å². The molecule has 0 atom stereocenters. The quantitative estimate of drug-likeness (QED) is 0.751. The molecule has 0 saturated heterocycles. The molecule has 74 valence electrons. The molecular formula is C11H8N2O2. The topological polar surface area (TPSA) is 63.1 Å². The second-order valence-electron chi connectivity index (χ2n) is 2.94. The van der Waals surface area contributed by atoms with Gasteiger partial charge in [0.2, 0.25) is 5.43 Å². The molecule has 2 aromatic rings. The zero-order valence-corrected chi connectivity index (χ0v) is 7.79. The number of hydrogen-bond donors (Lipinski definition) is 1. The van der Waals surface area contributed by atoms with Crippen LogP contribution in [0.3, 0.4) is 0 Å². The van der Waals surface area contributed by atoms with E-state index in [1.807, 2.05) is 0 Å². The molecule has 0 amide bonds. The number of nitrogens with zero attached hydrogens (tertiary/aromatic N) is 2. The van der Waals surface area contributed by atoms with E-state index in [4.69, 9.17) is 0 Å². The number of aromatic nitrogens is 2. The molecule has 1 N–H and O–H groups in total. The van der Waals surface area contributed by atoms with E-state index in [1.54, 1.807) is 30.6 Å². The van der Waals surface area contributed by atoms with Crippen molar-refractivity contribution in [2.45, 2.75) is 0 Å². The highest BCUT2D eigenvalue weighted by Crippen LogP contribution is 2.12. The van der Waals surface area contributed by atoms with E-state index < -0.39 is 5.43 Å². The summed E-state index contributed by atoms with van der Waals surface area (Å²) in [6.45, 7) is 0. The summed E-state index contributed by atoms with van der Waals surface area (Å²) in [6, 6.07) is 7.53. The fourth-order valence-electron chi connectivity index (χ4n) is 1.15. The van der Waals surface area contributed by atoms with Crippen molar-refractivity contribution in [1.29, 1.82) is 0 Å². The molecule has 0 unspecified atom stereocenters. The molecule has 0 radical (unpaired) electrons. The van der Waals surface area contributed by atoms with Crippen LogP contribution in [-0.4, -0.2) is 15.1 Å². The van der Waals surface area contributed by atoms with Crippen LogP contribution in [0.2, 0.25) is 0 Å². The molecule has 4 heteroatoms. The first-order chi connectivity index (χ1) is 7.27. The summed E-state index contributed by atoms with van der Waals surface area (Å²) in [4.78, 5) is 19.2. The predicted molar refractivity (Wildman–Crippen MR) is 55.4 cm³/mol. The van der Waals surface area contributed by atoms with Crippen LogP contribution in [0.15, 0.2) is 47.5 Å². The van der Waals surface area contributed by atoms with Crippen molar-refractivity contribution in [2.75, 3.05) is 0 Å². The van der Waals surface area contributed by atoms with Crippen LogP contribution in [0.4, 0.5) is 0 Å². The lowest BCUT2D eigenvalue weighted by molar-refractivity contribution is 0.471. The maximum absolute atomic E-state index is 11.1. The maximum atomic E-state index is 11.1. The van der Waals surface area contributed by atoms with Crippen molar-refractivity contribution >= 4 is 0 Å². The van der Waals surface area contributed by atoms with Crippen LogP contribution in [-0.2, 0) is 0 Å². The highest BCUT2D eigenvalue weighted by atomic mass is 16.3. The van der Waals surface area contributed by atoms with Crippen LogP contribution < -0.4 is 5.43 Å². The predicted octanol–water partition coefficient (Wildman–Crippen LogP) is 1.21. The second kappa shape index (κ2) is 3.88. The molecule has 1 aromatic heterocycles. The van der Waals surface area contributed by atoms with Gasteiger partial charge in [-0.1, -0.05) is 0 Å². The lowest BCUT2D eigenvalue weighted by atomic mass is 10.2. The summed E-state index contributed by atoms with van der Waals surface area (Å²) < 4.78 is 0. The number of rotatable bonds is 1. The fraction of sp³-hybridized carbons (Fsp3) is 0. The molecule has 0 aliphatic heterocycles. The SMILES string of the molecule is O=c1ccc(-c2ncccn2)ccc1O. The highest BCUT2D eigenvalue weighted by molar-refractivity contribution is 5.54. The summed E-state index contributed by atoms with van der Waals surface area (Å²) in [7, 11) is 0. The van der Waals surface area contributed by atoms with Gasteiger partial charge in [0.25, 0.3) is 0 Å². The highest BCUT2D eigenvalue weighted by Gasteiger charge is 1.99. The van der Waals surface area contributed by atoms with Gasteiger partial charge in [0.1, 0.15) is 0 Å². The van der Waals surface area contributed by atoms with E-state index in [9.17, 15) is 9.90 Å². The van der Waals surface area contributed by atoms with Gasteiger partial charge in [-0.05, 0) is 30.3 Å². The first-order valence-corrected chi connectivity index (χ1v) is 4.38. The lowest BCUT2D eigenvalue weighted by Crippen LogP contribution is -1.91. The summed E-state index contributed by atoms with van der Waals surface area (Å²) in [5.41, 5.74) is 0.269. The van der Waals surface area contributed by atoms with E-state index in [0.29, 0.717) is 11.4 Å². The van der Waals surface area contributed by atoms with Gasteiger partial charge >= 0.3 is 0 Å². The Bertz CT molecular complexity index is 526. The molecule has 1 heterocycles. The molecule has 1 aromatic carbocycles. The van der Waals surface area contributed by atoms with Gasteiger partial charge in [0.05, 0.1) is 0 Å². The van der Waals surface area contributed by atoms with E-state index in [1.165, 1.54) is 12.1 Å². The average Bonchev–Trinajstić information content (AvgIpc) is 2.44. The van der Waals surface area contributed by atoms with Gasteiger partial charge in [-0.15, -0.1) is 0 Å². The molecule has 0 saturated carbocycles. The number of hydrogen-bond acceptors (Lipinski definition) is 4. The first-order valence-electron chi connectivity index (χ1n) is 4.38. The maximum Gasteiger partial charge on any atom is 0.220 e. The van der Waals surface area contributed by atoms with Gasteiger partial charge in [-0.25, -0.2) is 9.97 Å². The third-order valence-electron chi connectivity index (χ3n) is 1.91. The van der Waals surface area contributed by atoms with Crippen molar-refractivity contribution < 1.29 is 5.11 Å². The molecule has 4 nitrogen and oxygen atoms in total. The average molecular weight is 200 g/mol. The Balaban J connectivity index is 2.57. The second-order valence-corrected chi connectivity index (χ2v) is 2.94. The Morgan fingerprint density at radius 3 is 2.40 bits per heavy atom. The van der Waals surface area contributed by atoms with Crippen LogP contribution >= 0.6 is 0 Å². The molecule has 2 rings (SSSR count). The Hall–Kier alpha value is -2.23. The van der Waals surface area contributed by atoms with E-state index in [0.717, 1.165) is 0 Å². The minimum Gasteiger partial charge on any atom is -0.504 e. The van der Waals surface area contributed by atoms with Gasteiger partial charge in [-0.2, -0.15) is 0 Å². The zero-order valence-electron chi connectivity index (χ0n) is 7.79. The molecule has 0 aliphatic carbocycles. The minimum atomic E-state index is -0.419. The monoisotopic (exact) mass is 200 g/mol. The summed E-state index contributed by atoms with van der Waals surface area (Å²) >= 11 is 0. The molecule has 15 heavy (non-hydrogen) atoms. The smallest absolute Gasteiger partial charge is 0.220 e. The first kappa shape index (κ1) is 9.33. The molecule has 0 fully saturated rings. The van der Waals surface area contributed by atoms with Crippen LogP contribution in [0, 0.1) is 0 Å². The van der Waals surface area contributed by atoms with Gasteiger partial charge in [0.15, 0.2) is 11.6 Å². The van der Waals surface area contributed by atoms with E-state index in [-0.39, 0.29) is 5.75 Å². The Morgan fingerprint density at radius 1 is 1.00 bits per heavy atom. The Labute approximate surface area is 85.9 Å². The number of aromatic hydroxyl groups is 1. The van der Waals surface area contributed by atoms with Gasteiger partial charge < -0.3 is 5.11 Å². The van der Waals surface area contributed by atoms with Crippen molar-refractivity contribution in [3.05, 3.63) is 52.9 Å². The van der Waals surface area contributed by atoms with Crippen LogP contribution in [0.5, 0.6) is 5.75 Å². The van der Waals surface area contributed by atoms with Crippen molar-refractivity contribution in [3.8, 4) is 17.1 Å². The molecule has 0 aliphatic rings. The van der Waals surface area contributed by atoms with Crippen molar-refractivity contribution in [1.82, 2.24) is 9.97 Å². The standard InChI is InChI=1S/C11H8N2O2/c14-9-4-2-8(3-5-10(9)15)11-12-6-1-7-13-11/h1-7H,(H,14,15). The van der Waals surface area contributed by atoms with Crippen molar-refractivity contribution in [3.63, 3.8) is 0 Å². The van der Waals surface area contributed by atoms with Gasteiger partial charge in [0, 0.05) is 18.0 Å². The Morgan fingerprint density at radius 2 is 1.67 bits per heavy atom. The summed E-state index contributed by atoms with van der Waals surface area (Å²) in [6.07, 6.45) is 3.24. The summed E-state index contributed by atoms with van der Waals surface area (Å²) in [5, 5.41) is 9.20. The van der Waals surface area contributed by atoms with E-state index in [2.05, 4.69) is 9.97 Å². The molecule has 0 spiro atoms. The Kier molecular flexibility index (Phi) is 2.41. The zero-order chi connectivity index (χ0) is 10.7. The minimum absolute atomic E-state index is 0.280. The lowest BCUT2D eigenvalue weighted by Gasteiger charge is -1.93. The third kappa shape index (κ3) is 1.99. The van der Waals surface area contributed by atoms with Crippen molar-refractivity contribution in [2.24, 2.45) is 0 Å². The van der Waals surface area contributed by atoms with Gasteiger partial charge in [-0.3, -0.25) is 4.79 Å².